The third-order valence-electron chi connectivity index (χ3n) is 1.72. The summed E-state index contributed by atoms with van der Waals surface area (Å²) >= 11 is 0. The smallest absolute Gasteiger partial charge is 0.325 e. The molecule has 5 heteroatoms. The molecule has 0 rings (SSSR count). The number of carboxylic acids is 1. The van der Waals surface area contributed by atoms with Gasteiger partial charge in [0.05, 0.1) is 0 Å². The topological polar surface area (TPSA) is 92.4 Å². The van der Waals surface area contributed by atoms with Crippen LogP contribution in [0.25, 0.3) is 0 Å². The minimum absolute atomic E-state index is 0.175. The number of aliphatic carboxylic acids is 1. The minimum Gasteiger partial charge on any atom is -0.480 e. The first-order chi connectivity index (χ1) is 5.97. The summed E-state index contributed by atoms with van der Waals surface area (Å²) in [7, 11) is 0. The van der Waals surface area contributed by atoms with Gasteiger partial charge in [0.15, 0.2) is 0 Å². The van der Waals surface area contributed by atoms with Gasteiger partial charge in [0.25, 0.3) is 0 Å². The molecule has 13 heavy (non-hydrogen) atoms. The number of carbonyl (C=O) groups excluding carboxylic acids is 1. The summed E-state index contributed by atoms with van der Waals surface area (Å²) in [5.41, 5.74) is 5.52. The van der Waals surface area contributed by atoms with Crippen molar-refractivity contribution in [3.05, 3.63) is 0 Å². The van der Waals surface area contributed by atoms with Crippen molar-refractivity contribution in [2.75, 3.05) is 0 Å². The summed E-state index contributed by atoms with van der Waals surface area (Å²) in [5, 5.41) is 10.8. The molecular formula is C8H16N2O3. The molecule has 0 radical (unpaired) electrons. The van der Waals surface area contributed by atoms with Crippen molar-refractivity contribution < 1.29 is 14.7 Å². The van der Waals surface area contributed by atoms with Crippen LogP contribution in [-0.2, 0) is 9.59 Å². The van der Waals surface area contributed by atoms with Gasteiger partial charge in [-0.05, 0) is 13.3 Å². The first kappa shape index (κ1) is 11.9. The number of nitrogens with two attached hydrogens (primary N) is 1. The van der Waals surface area contributed by atoms with Crippen molar-refractivity contribution >= 4 is 11.9 Å². The van der Waals surface area contributed by atoms with Crippen LogP contribution in [0.2, 0.25) is 0 Å². The van der Waals surface area contributed by atoms with Crippen LogP contribution in [0.3, 0.4) is 0 Å². The Labute approximate surface area is 77.3 Å². The SMILES string of the molecule is CCC(N)CC(=O)N[C@H](C)C(=O)O. The molecule has 0 bridgehead atoms. The second-order valence-electron chi connectivity index (χ2n) is 3.00. The number of rotatable bonds is 5. The summed E-state index contributed by atoms with van der Waals surface area (Å²) in [5.74, 6) is -1.36. The summed E-state index contributed by atoms with van der Waals surface area (Å²) in [4.78, 5) is 21.4. The predicted molar refractivity (Wildman–Crippen MR) is 48.1 cm³/mol. The van der Waals surface area contributed by atoms with E-state index in [1.807, 2.05) is 6.92 Å². The standard InChI is InChI=1S/C8H16N2O3/c1-3-6(9)4-7(11)10-5(2)8(12)13/h5-6H,3-4,9H2,1-2H3,(H,10,11)(H,12,13)/t5-,6?/m1/s1. The van der Waals surface area contributed by atoms with E-state index in [0.717, 1.165) is 0 Å². The zero-order chi connectivity index (χ0) is 10.4. The third kappa shape index (κ3) is 5.19. The Balaban J connectivity index is 3.81. The molecule has 0 spiro atoms. The Morgan fingerprint density at radius 3 is 2.46 bits per heavy atom. The maximum absolute atomic E-state index is 11.1. The van der Waals surface area contributed by atoms with Gasteiger partial charge in [0.1, 0.15) is 6.04 Å². The number of hydrogen-bond acceptors (Lipinski definition) is 3. The first-order valence-corrected chi connectivity index (χ1v) is 4.25. The van der Waals surface area contributed by atoms with Crippen molar-refractivity contribution in [3.63, 3.8) is 0 Å². The highest BCUT2D eigenvalue weighted by Crippen LogP contribution is 1.93. The van der Waals surface area contributed by atoms with Crippen molar-refractivity contribution in [2.45, 2.75) is 38.8 Å². The van der Waals surface area contributed by atoms with Gasteiger partial charge in [-0.15, -0.1) is 0 Å². The fourth-order valence-electron chi connectivity index (χ4n) is 0.745. The van der Waals surface area contributed by atoms with Gasteiger partial charge in [0, 0.05) is 12.5 Å². The number of hydrogen-bond donors (Lipinski definition) is 3. The van der Waals surface area contributed by atoms with Crippen LogP contribution in [0.1, 0.15) is 26.7 Å². The van der Waals surface area contributed by atoms with Crippen LogP contribution in [0.5, 0.6) is 0 Å². The molecule has 4 N–H and O–H groups in total. The lowest BCUT2D eigenvalue weighted by Gasteiger charge is -2.11. The first-order valence-electron chi connectivity index (χ1n) is 4.25. The van der Waals surface area contributed by atoms with Gasteiger partial charge in [-0.25, -0.2) is 0 Å². The highest BCUT2D eigenvalue weighted by atomic mass is 16.4. The van der Waals surface area contributed by atoms with E-state index in [1.54, 1.807) is 0 Å². The van der Waals surface area contributed by atoms with Gasteiger partial charge in [0.2, 0.25) is 5.91 Å². The molecule has 0 aliphatic heterocycles. The Hall–Kier alpha value is -1.10. The second kappa shape index (κ2) is 5.53. The van der Waals surface area contributed by atoms with E-state index in [-0.39, 0.29) is 18.4 Å². The monoisotopic (exact) mass is 188 g/mol. The maximum Gasteiger partial charge on any atom is 0.325 e. The molecule has 0 aliphatic carbocycles. The van der Waals surface area contributed by atoms with E-state index in [9.17, 15) is 9.59 Å². The predicted octanol–water partition coefficient (Wildman–Crippen LogP) is -0.297. The molecule has 0 aromatic rings. The highest BCUT2D eigenvalue weighted by molar-refractivity contribution is 5.83. The van der Waals surface area contributed by atoms with Crippen LogP contribution in [0, 0.1) is 0 Å². The largest absolute Gasteiger partial charge is 0.480 e. The van der Waals surface area contributed by atoms with Crippen molar-refractivity contribution in [1.82, 2.24) is 5.32 Å². The van der Waals surface area contributed by atoms with Crippen LogP contribution in [-0.4, -0.2) is 29.1 Å². The van der Waals surface area contributed by atoms with Crippen LogP contribution >= 0.6 is 0 Å². The Morgan fingerprint density at radius 1 is 1.54 bits per heavy atom. The summed E-state index contributed by atoms with van der Waals surface area (Å²) in [6.45, 7) is 3.29. The molecule has 76 valence electrons. The summed E-state index contributed by atoms with van der Waals surface area (Å²) in [6, 6.07) is -1.04. The summed E-state index contributed by atoms with van der Waals surface area (Å²) in [6.07, 6.45) is 0.878. The van der Waals surface area contributed by atoms with E-state index in [1.165, 1.54) is 6.92 Å². The minimum atomic E-state index is -1.04. The Kier molecular flexibility index (Phi) is 5.06. The molecule has 0 fully saturated rings. The lowest BCUT2D eigenvalue weighted by Crippen LogP contribution is -2.40. The fraction of sp³-hybridized carbons (Fsp3) is 0.750. The zero-order valence-corrected chi connectivity index (χ0v) is 7.91. The van der Waals surface area contributed by atoms with Gasteiger partial charge < -0.3 is 16.2 Å². The van der Waals surface area contributed by atoms with Crippen LogP contribution in [0.4, 0.5) is 0 Å². The van der Waals surface area contributed by atoms with E-state index >= 15 is 0 Å². The molecule has 0 saturated heterocycles. The fourth-order valence-corrected chi connectivity index (χ4v) is 0.745. The van der Waals surface area contributed by atoms with Crippen molar-refractivity contribution in [2.24, 2.45) is 5.73 Å². The molecule has 0 aromatic carbocycles. The number of nitrogens with one attached hydrogen (secondary N) is 1. The molecule has 0 aromatic heterocycles. The van der Waals surface area contributed by atoms with E-state index in [0.29, 0.717) is 6.42 Å². The number of carboxylic acid groups (broad SMARTS) is 1. The van der Waals surface area contributed by atoms with Gasteiger partial charge in [-0.3, -0.25) is 9.59 Å². The average Bonchev–Trinajstić information content (AvgIpc) is 2.03. The zero-order valence-electron chi connectivity index (χ0n) is 7.91. The molecule has 0 heterocycles. The van der Waals surface area contributed by atoms with Crippen LogP contribution in [0.15, 0.2) is 0 Å². The maximum atomic E-state index is 11.1. The molecule has 0 aliphatic rings. The lowest BCUT2D eigenvalue weighted by atomic mass is 10.1. The van der Waals surface area contributed by atoms with Crippen molar-refractivity contribution in [1.29, 1.82) is 0 Å². The molecular weight excluding hydrogens is 172 g/mol. The quantitative estimate of drug-likeness (QED) is 0.552. The van der Waals surface area contributed by atoms with E-state index in [4.69, 9.17) is 10.8 Å². The summed E-state index contributed by atoms with van der Waals surface area (Å²) < 4.78 is 0. The molecule has 5 nitrogen and oxygen atoms in total. The molecule has 2 atom stereocenters. The van der Waals surface area contributed by atoms with E-state index in [2.05, 4.69) is 5.32 Å². The Morgan fingerprint density at radius 2 is 2.08 bits per heavy atom. The third-order valence-corrected chi connectivity index (χ3v) is 1.72. The van der Waals surface area contributed by atoms with Crippen LogP contribution < -0.4 is 11.1 Å². The lowest BCUT2D eigenvalue weighted by molar-refractivity contribution is -0.141. The molecule has 1 unspecified atom stereocenters. The van der Waals surface area contributed by atoms with Crippen molar-refractivity contribution in [3.8, 4) is 0 Å². The van der Waals surface area contributed by atoms with Gasteiger partial charge >= 0.3 is 5.97 Å². The molecule has 1 amide bonds. The number of carbonyl (C=O) groups is 2. The van der Waals surface area contributed by atoms with Gasteiger partial charge in [-0.1, -0.05) is 6.92 Å². The van der Waals surface area contributed by atoms with E-state index < -0.39 is 12.0 Å². The average molecular weight is 188 g/mol. The highest BCUT2D eigenvalue weighted by Gasteiger charge is 2.15. The normalized spacial score (nSPS) is 14.7. The van der Waals surface area contributed by atoms with Gasteiger partial charge in [-0.2, -0.15) is 0 Å². The second-order valence-corrected chi connectivity index (χ2v) is 3.00. The molecule has 0 saturated carbocycles. The Bertz CT molecular complexity index is 194. The number of amides is 1.